The third-order valence-corrected chi connectivity index (χ3v) is 5.99. The molecular weight excluding hydrogens is 452 g/mol. The highest BCUT2D eigenvalue weighted by molar-refractivity contribution is 5.99. The average molecular weight is 487 g/mol. The molecule has 0 spiro atoms. The van der Waals surface area contributed by atoms with Gasteiger partial charge in [-0.3, -0.25) is 0 Å². The predicted molar refractivity (Wildman–Crippen MR) is 144 cm³/mol. The fourth-order valence-corrected chi connectivity index (χ4v) is 3.94. The van der Waals surface area contributed by atoms with Crippen LogP contribution in [0.4, 0.5) is 0 Å². The molecule has 0 aliphatic rings. The van der Waals surface area contributed by atoms with Gasteiger partial charge in [-0.2, -0.15) is 0 Å². The molecule has 1 unspecified atom stereocenters. The van der Waals surface area contributed by atoms with Crippen molar-refractivity contribution in [2.75, 3.05) is 13.7 Å². The second-order valence-electron chi connectivity index (χ2n) is 8.60. The van der Waals surface area contributed by atoms with Crippen LogP contribution in [-0.4, -0.2) is 36.8 Å². The lowest BCUT2D eigenvalue weighted by Gasteiger charge is -2.21. The Balaban J connectivity index is 1.67. The van der Waals surface area contributed by atoms with Gasteiger partial charge >= 0.3 is 0 Å². The number of hydrogen-bond acceptors (Lipinski definition) is 6. The van der Waals surface area contributed by atoms with E-state index in [9.17, 15) is 9.90 Å². The number of benzene rings is 3. The Morgan fingerprint density at radius 2 is 1.72 bits per heavy atom. The first-order valence-corrected chi connectivity index (χ1v) is 12.0. The van der Waals surface area contributed by atoms with E-state index in [1.165, 1.54) is 0 Å². The number of hydrogen-bond donors (Lipinski definition) is 3. The van der Waals surface area contributed by atoms with E-state index in [0.29, 0.717) is 36.7 Å². The summed E-state index contributed by atoms with van der Waals surface area (Å²) in [4.78, 5) is 11.0. The maximum Gasteiger partial charge on any atom is 0.130 e. The molecule has 36 heavy (non-hydrogen) atoms. The van der Waals surface area contributed by atoms with Gasteiger partial charge in [0.25, 0.3) is 0 Å². The van der Waals surface area contributed by atoms with Gasteiger partial charge in [0.1, 0.15) is 31.0 Å². The zero-order valence-electron chi connectivity index (χ0n) is 21.1. The summed E-state index contributed by atoms with van der Waals surface area (Å²) < 4.78 is 11.8. The first-order valence-electron chi connectivity index (χ1n) is 12.0. The average Bonchev–Trinajstić information content (AvgIpc) is 2.90. The molecule has 0 fully saturated rings. The second-order valence-corrected chi connectivity index (χ2v) is 8.60. The Kier molecular flexibility index (Phi) is 9.83. The highest BCUT2D eigenvalue weighted by Gasteiger charge is 2.17. The Hall–Kier alpha value is -3.90. The Labute approximate surface area is 213 Å². The minimum atomic E-state index is -0.0730. The molecule has 6 heteroatoms. The molecule has 6 nitrogen and oxygen atoms in total. The largest absolute Gasteiger partial charge is 0.512 e. The minimum absolute atomic E-state index is 0.0730. The second kappa shape index (κ2) is 13.3. The fraction of sp³-hybridized carbons (Fsp3) is 0.267. The molecule has 0 aliphatic carbocycles. The number of nitrogens with one attached hydrogen (secondary N) is 2. The first-order chi connectivity index (χ1) is 17.4. The molecule has 0 heterocycles. The monoisotopic (exact) mass is 486 g/mol. The van der Waals surface area contributed by atoms with Crippen molar-refractivity contribution >= 4 is 17.6 Å². The van der Waals surface area contributed by atoms with Crippen LogP contribution >= 0.6 is 0 Å². The lowest BCUT2D eigenvalue weighted by Crippen LogP contribution is -2.24. The van der Waals surface area contributed by atoms with E-state index in [1.54, 1.807) is 6.92 Å². The van der Waals surface area contributed by atoms with Gasteiger partial charge in [-0.25, -0.2) is 0 Å². The van der Waals surface area contributed by atoms with Crippen LogP contribution in [-0.2, 0) is 17.8 Å². The normalized spacial score (nSPS) is 12.4. The predicted octanol–water partition coefficient (Wildman–Crippen LogP) is 5.74. The van der Waals surface area contributed by atoms with Crippen LogP contribution in [0.3, 0.4) is 0 Å². The summed E-state index contributed by atoms with van der Waals surface area (Å²) in [7, 11) is 1.84. The van der Waals surface area contributed by atoms with Crippen molar-refractivity contribution in [1.82, 2.24) is 5.32 Å². The molecule has 0 saturated carbocycles. The highest BCUT2D eigenvalue weighted by atomic mass is 16.5. The molecule has 3 aromatic carbocycles. The third-order valence-electron chi connectivity index (χ3n) is 5.99. The number of allylic oxidation sites excluding steroid dienone is 1. The smallest absolute Gasteiger partial charge is 0.130 e. The molecule has 0 aromatic heterocycles. The summed E-state index contributed by atoms with van der Waals surface area (Å²) in [5.41, 5.74) is 4.90. The van der Waals surface area contributed by atoms with Gasteiger partial charge in [0, 0.05) is 18.0 Å². The van der Waals surface area contributed by atoms with E-state index < -0.39 is 0 Å². The van der Waals surface area contributed by atoms with Gasteiger partial charge in [-0.1, -0.05) is 48.5 Å². The van der Waals surface area contributed by atoms with Gasteiger partial charge in [0.15, 0.2) is 0 Å². The van der Waals surface area contributed by atoms with Crippen molar-refractivity contribution in [2.24, 2.45) is 0 Å². The van der Waals surface area contributed by atoms with Crippen molar-refractivity contribution in [3.05, 3.63) is 101 Å². The maximum absolute atomic E-state index is 11.0. The molecular formula is C30H34N2O4. The molecule has 3 aromatic rings. The fourth-order valence-electron chi connectivity index (χ4n) is 3.94. The van der Waals surface area contributed by atoms with E-state index in [2.05, 4.69) is 5.32 Å². The maximum atomic E-state index is 11.0. The van der Waals surface area contributed by atoms with Gasteiger partial charge < -0.3 is 30.1 Å². The van der Waals surface area contributed by atoms with Gasteiger partial charge in [0.05, 0.1) is 11.5 Å². The summed E-state index contributed by atoms with van der Waals surface area (Å²) in [6.45, 7) is 4.22. The van der Waals surface area contributed by atoms with Crippen molar-refractivity contribution in [2.45, 2.75) is 39.3 Å². The van der Waals surface area contributed by atoms with E-state index in [1.807, 2.05) is 86.8 Å². The van der Waals surface area contributed by atoms with Crippen molar-refractivity contribution in [3.63, 3.8) is 0 Å². The molecule has 0 amide bonds. The highest BCUT2D eigenvalue weighted by Crippen LogP contribution is 2.30. The lowest BCUT2D eigenvalue weighted by atomic mass is 9.91. The Bertz CT molecular complexity index is 1180. The van der Waals surface area contributed by atoms with Crippen molar-refractivity contribution in [1.29, 1.82) is 5.41 Å². The third kappa shape index (κ3) is 7.30. The standard InChI is InChI=1S/C30H34N2O4/c1-21(32-3)30(22(2)34)28-18-27(16-13-24(28)10-7-17-33)35-19-23-11-14-26(15-12-23)36-20-29(31)25-8-5-4-6-9-25/h4-6,8-9,11-18,21,31-32,34H,7,10,19-20H2,1-3H3/b30-22+,31-29?. The zero-order chi connectivity index (χ0) is 25.9. The molecule has 0 bridgehead atoms. The molecule has 188 valence electrons. The van der Waals surface area contributed by atoms with Crippen LogP contribution in [0.15, 0.2) is 78.6 Å². The topological polar surface area (TPSA) is 91.6 Å². The molecule has 0 aliphatic heterocycles. The number of rotatable bonds is 13. The number of aldehydes is 1. The molecule has 0 saturated heterocycles. The Morgan fingerprint density at radius 3 is 2.36 bits per heavy atom. The molecule has 0 radical (unpaired) electrons. The number of aliphatic hydroxyl groups excluding tert-OH is 1. The number of likely N-dealkylation sites (N-methyl/N-ethyl adjacent to an activating group) is 1. The SMILES string of the molecule is CNC(C)/C(=C(/C)O)c1cc(OCc2ccc(OCC(=N)c3ccccc3)cc2)ccc1CCC=O. The number of ether oxygens (including phenoxy) is 2. The summed E-state index contributed by atoms with van der Waals surface area (Å²) in [6.07, 6.45) is 1.91. The number of carbonyl (C=O) groups excluding carboxylic acids is 1. The molecule has 3 N–H and O–H groups in total. The van der Waals surface area contributed by atoms with Gasteiger partial charge in [0.2, 0.25) is 0 Å². The summed E-state index contributed by atoms with van der Waals surface area (Å²) in [5, 5.41) is 21.7. The van der Waals surface area contributed by atoms with Crippen LogP contribution in [0.1, 0.15) is 42.5 Å². The summed E-state index contributed by atoms with van der Waals surface area (Å²) >= 11 is 0. The van der Waals surface area contributed by atoms with E-state index in [4.69, 9.17) is 14.9 Å². The Morgan fingerprint density at radius 1 is 1.03 bits per heavy atom. The molecule has 1 atom stereocenters. The van der Waals surface area contributed by atoms with Crippen LogP contribution in [0, 0.1) is 5.41 Å². The number of aryl methyl sites for hydroxylation is 1. The first kappa shape index (κ1) is 26.7. The number of carbonyl (C=O) groups is 1. The number of aliphatic hydroxyl groups is 1. The van der Waals surface area contributed by atoms with Crippen molar-refractivity contribution in [3.8, 4) is 11.5 Å². The lowest BCUT2D eigenvalue weighted by molar-refractivity contribution is -0.107. The van der Waals surface area contributed by atoms with Gasteiger partial charge in [-0.05, 0) is 73.8 Å². The quantitative estimate of drug-likeness (QED) is 0.163. The van der Waals surface area contributed by atoms with Crippen LogP contribution in [0.25, 0.3) is 5.57 Å². The van der Waals surface area contributed by atoms with Crippen molar-refractivity contribution < 1.29 is 19.4 Å². The van der Waals surface area contributed by atoms with Crippen LogP contribution < -0.4 is 14.8 Å². The van der Waals surface area contributed by atoms with E-state index >= 15 is 0 Å². The van der Waals surface area contributed by atoms with Crippen LogP contribution in [0.5, 0.6) is 11.5 Å². The summed E-state index contributed by atoms with van der Waals surface area (Å²) in [6, 6.07) is 22.8. The summed E-state index contributed by atoms with van der Waals surface area (Å²) in [5.74, 6) is 1.60. The van der Waals surface area contributed by atoms with E-state index in [0.717, 1.165) is 34.1 Å². The van der Waals surface area contributed by atoms with Crippen LogP contribution in [0.2, 0.25) is 0 Å². The zero-order valence-corrected chi connectivity index (χ0v) is 21.1. The van der Waals surface area contributed by atoms with Gasteiger partial charge in [-0.15, -0.1) is 0 Å². The minimum Gasteiger partial charge on any atom is -0.512 e. The molecule has 3 rings (SSSR count). The van der Waals surface area contributed by atoms with E-state index in [-0.39, 0.29) is 18.4 Å².